The molecule has 1 heterocycles. The van der Waals surface area contributed by atoms with Crippen LogP contribution in [0.4, 0.5) is 5.82 Å². The molecule has 2 aromatic rings. The van der Waals surface area contributed by atoms with Crippen LogP contribution < -0.4 is 15.5 Å². The summed E-state index contributed by atoms with van der Waals surface area (Å²) in [6.07, 6.45) is 1.81. The van der Waals surface area contributed by atoms with E-state index in [1.54, 1.807) is 0 Å². The second-order valence-electron chi connectivity index (χ2n) is 5.56. The van der Waals surface area contributed by atoms with Crippen molar-refractivity contribution < 1.29 is 0 Å². The molecule has 6 heteroatoms. The molecule has 0 spiro atoms. The molecule has 2 rings (SSSR count). The van der Waals surface area contributed by atoms with Crippen molar-refractivity contribution in [1.29, 1.82) is 0 Å². The summed E-state index contributed by atoms with van der Waals surface area (Å²) >= 11 is 6.19. The molecule has 0 atom stereocenters. The van der Waals surface area contributed by atoms with Crippen molar-refractivity contribution in [3.63, 3.8) is 0 Å². The van der Waals surface area contributed by atoms with Gasteiger partial charge in [0.15, 0.2) is 5.96 Å². The summed E-state index contributed by atoms with van der Waals surface area (Å²) in [5.74, 6) is 1.69. The lowest BCUT2D eigenvalue weighted by molar-refractivity contribution is 0.816. The lowest BCUT2D eigenvalue weighted by Crippen LogP contribution is -2.36. The number of aliphatic imine (C=N–C) groups is 1. The third-order valence-corrected chi connectivity index (χ3v) is 3.80. The Morgan fingerprint density at radius 3 is 2.71 bits per heavy atom. The minimum absolute atomic E-state index is 0.585. The van der Waals surface area contributed by atoms with Crippen LogP contribution in [0.5, 0.6) is 0 Å². The molecule has 5 nitrogen and oxygen atoms in total. The highest BCUT2D eigenvalue weighted by molar-refractivity contribution is 6.31. The van der Waals surface area contributed by atoms with E-state index in [1.807, 2.05) is 68.5 Å². The van der Waals surface area contributed by atoms with Crippen LogP contribution in [0.25, 0.3) is 0 Å². The van der Waals surface area contributed by atoms with Gasteiger partial charge in [0.2, 0.25) is 0 Å². The van der Waals surface area contributed by atoms with Crippen LogP contribution in [-0.4, -0.2) is 31.6 Å². The molecule has 0 aliphatic carbocycles. The van der Waals surface area contributed by atoms with E-state index in [0.717, 1.165) is 34.5 Å². The molecule has 0 bridgehead atoms. The molecule has 0 radical (unpaired) electrons. The molecular weight excluding hydrogens is 322 g/mol. The summed E-state index contributed by atoms with van der Waals surface area (Å²) in [6.45, 7) is 4.06. The standard InChI is InChI=1S/C18H24ClN5/c1-4-20-18(23-13-15-7-5-6-8-16(15)19)22-12-14-9-10-21-17(11-14)24(2)3/h5-11H,4,12-13H2,1-3H3,(H2,20,22,23). The van der Waals surface area contributed by atoms with Gasteiger partial charge in [-0.2, -0.15) is 0 Å². The zero-order valence-corrected chi connectivity index (χ0v) is 15.1. The summed E-state index contributed by atoms with van der Waals surface area (Å²) in [7, 11) is 3.95. The van der Waals surface area contributed by atoms with Crippen LogP contribution in [0.2, 0.25) is 5.02 Å². The first-order valence-electron chi connectivity index (χ1n) is 7.98. The third-order valence-electron chi connectivity index (χ3n) is 3.44. The molecule has 0 unspecified atom stereocenters. The molecule has 0 saturated heterocycles. The van der Waals surface area contributed by atoms with Gasteiger partial charge in [0.1, 0.15) is 5.82 Å². The molecule has 24 heavy (non-hydrogen) atoms. The van der Waals surface area contributed by atoms with E-state index in [-0.39, 0.29) is 0 Å². The Balaban J connectivity index is 2.02. The van der Waals surface area contributed by atoms with Gasteiger partial charge in [-0.15, -0.1) is 0 Å². The number of hydrogen-bond donors (Lipinski definition) is 2. The largest absolute Gasteiger partial charge is 0.363 e. The normalized spacial score (nSPS) is 11.2. The minimum Gasteiger partial charge on any atom is -0.363 e. The van der Waals surface area contributed by atoms with Gasteiger partial charge < -0.3 is 15.5 Å². The number of benzene rings is 1. The number of halogens is 1. The van der Waals surface area contributed by atoms with Crippen LogP contribution in [0.3, 0.4) is 0 Å². The fourth-order valence-corrected chi connectivity index (χ4v) is 2.34. The Kier molecular flexibility index (Phi) is 6.88. The number of pyridine rings is 1. The summed E-state index contributed by atoms with van der Waals surface area (Å²) in [5, 5.41) is 7.32. The van der Waals surface area contributed by atoms with Crippen LogP contribution in [-0.2, 0) is 13.1 Å². The van der Waals surface area contributed by atoms with Crippen LogP contribution in [0.1, 0.15) is 18.1 Å². The van der Waals surface area contributed by atoms with Gasteiger partial charge in [0.05, 0.1) is 6.54 Å². The number of nitrogens with zero attached hydrogens (tertiary/aromatic N) is 3. The highest BCUT2D eigenvalue weighted by Crippen LogP contribution is 2.14. The van der Waals surface area contributed by atoms with Crippen LogP contribution in [0, 0.1) is 0 Å². The molecule has 128 valence electrons. The maximum absolute atomic E-state index is 6.19. The van der Waals surface area contributed by atoms with Crippen molar-refractivity contribution in [2.75, 3.05) is 25.5 Å². The Morgan fingerprint density at radius 2 is 2.00 bits per heavy atom. The van der Waals surface area contributed by atoms with E-state index in [9.17, 15) is 0 Å². The van der Waals surface area contributed by atoms with Gasteiger partial charge in [-0.3, -0.25) is 0 Å². The first-order valence-corrected chi connectivity index (χ1v) is 8.35. The Bertz CT molecular complexity index is 685. The maximum atomic E-state index is 6.19. The third kappa shape index (κ3) is 5.42. The van der Waals surface area contributed by atoms with Crippen molar-refractivity contribution in [2.24, 2.45) is 4.99 Å². The topological polar surface area (TPSA) is 52.6 Å². The van der Waals surface area contributed by atoms with E-state index in [0.29, 0.717) is 13.1 Å². The van der Waals surface area contributed by atoms with E-state index in [2.05, 4.69) is 20.6 Å². The second-order valence-corrected chi connectivity index (χ2v) is 5.96. The zero-order valence-electron chi connectivity index (χ0n) is 14.4. The minimum atomic E-state index is 0.585. The predicted molar refractivity (Wildman–Crippen MR) is 102 cm³/mol. The van der Waals surface area contributed by atoms with Crippen molar-refractivity contribution in [3.05, 3.63) is 58.7 Å². The molecule has 0 fully saturated rings. The monoisotopic (exact) mass is 345 g/mol. The van der Waals surface area contributed by atoms with E-state index in [4.69, 9.17) is 11.6 Å². The van der Waals surface area contributed by atoms with Gasteiger partial charge in [0, 0.05) is 38.4 Å². The van der Waals surface area contributed by atoms with Gasteiger partial charge >= 0.3 is 0 Å². The van der Waals surface area contributed by atoms with E-state index in [1.165, 1.54) is 0 Å². The molecule has 0 aliphatic heterocycles. The number of aromatic nitrogens is 1. The predicted octanol–water partition coefficient (Wildman–Crippen LogP) is 3.06. The SMILES string of the molecule is CCNC(=NCc1ccnc(N(C)C)c1)NCc1ccccc1Cl. The smallest absolute Gasteiger partial charge is 0.191 e. The zero-order chi connectivity index (χ0) is 17.4. The molecule has 0 amide bonds. The highest BCUT2D eigenvalue weighted by atomic mass is 35.5. The first-order chi connectivity index (χ1) is 11.6. The van der Waals surface area contributed by atoms with Crippen molar-refractivity contribution in [1.82, 2.24) is 15.6 Å². The van der Waals surface area contributed by atoms with E-state index >= 15 is 0 Å². The molecule has 1 aromatic heterocycles. The van der Waals surface area contributed by atoms with Crippen molar-refractivity contribution in [3.8, 4) is 0 Å². The van der Waals surface area contributed by atoms with Gasteiger partial charge in [-0.1, -0.05) is 29.8 Å². The average Bonchev–Trinajstić information content (AvgIpc) is 2.59. The number of rotatable bonds is 6. The second kappa shape index (κ2) is 9.13. The number of hydrogen-bond acceptors (Lipinski definition) is 3. The summed E-state index contributed by atoms with van der Waals surface area (Å²) in [4.78, 5) is 10.9. The summed E-state index contributed by atoms with van der Waals surface area (Å²) in [5.41, 5.74) is 2.16. The lowest BCUT2D eigenvalue weighted by atomic mass is 10.2. The fraction of sp³-hybridized carbons (Fsp3) is 0.333. The average molecular weight is 346 g/mol. The molecule has 2 N–H and O–H groups in total. The molecule has 0 aliphatic rings. The van der Waals surface area contributed by atoms with Crippen LogP contribution in [0.15, 0.2) is 47.6 Å². The Hall–Kier alpha value is -2.27. The first kappa shape index (κ1) is 18.1. The molecule has 0 saturated carbocycles. The van der Waals surface area contributed by atoms with Crippen molar-refractivity contribution >= 4 is 23.4 Å². The Morgan fingerprint density at radius 1 is 1.21 bits per heavy atom. The fourth-order valence-electron chi connectivity index (χ4n) is 2.14. The summed E-state index contributed by atoms with van der Waals surface area (Å²) in [6, 6.07) is 11.8. The van der Waals surface area contributed by atoms with Gasteiger partial charge in [-0.25, -0.2) is 9.98 Å². The summed E-state index contributed by atoms with van der Waals surface area (Å²) < 4.78 is 0. The van der Waals surface area contributed by atoms with Gasteiger partial charge in [-0.05, 0) is 36.2 Å². The van der Waals surface area contributed by atoms with Crippen molar-refractivity contribution in [2.45, 2.75) is 20.0 Å². The lowest BCUT2D eigenvalue weighted by Gasteiger charge is -2.13. The van der Waals surface area contributed by atoms with Gasteiger partial charge in [0.25, 0.3) is 0 Å². The number of nitrogens with one attached hydrogen (secondary N) is 2. The highest BCUT2D eigenvalue weighted by Gasteiger charge is 2.03. The maximum Gasteiger partial charge on any atom is 0.191 e. The van der Waals surface area contributed by atoms with Crippen LogP contribution >= 0.6 is 11.6 Å². The number of guanidine groups is 1. The quantitative estimate of drug-likeness (QED) is 0.624. The Labute approximate surface area is 148 Å². The van der Waals surface area contributed by atoms with E-state index < -0.39 is 0 Å². The molecule has 1 aromatic carbocycles. The molecular formula is C18H24ClN5. The number of anilines is 1.